The highest BCUT2D eigenvalue weighted by Gasteiger charge is 2.37. The molecule has 9 nitrogen and oxygen atoms in total. The topological polar surface area (TPSA) is 86.7 Å². The normalized spacial score (nSPS) is 19.4. The van der Waals surface area contributed by atoms with Crippen LogP contribution in [0.2, 0.25) is 0 Å². The molecule has 1 fully saturated rings. The zero-order valence-corrected chi connectivity index (χ0v) is 21.5. The third-order valence-corrected chi connectivity index (χ3v) is 6.37. The van der Waals surface area contributed by atoms with E-state index < -0.39 is 18.0 Å². The van der Waals surface area contributed by atoms with Crippen molar-refractivity contribution in [2.24, 2.45) is 4.99 Å². The van der Waals surface area contributed by atoms with Gasteiger partial charge in [0.05, 0.1) is 16.6 Å². The van der Waals surface area contributed by atoms with Crippen LogP contribution in [0.3, 0.4) is 0 Å². The first-order valence-corrected chi connectivity index (χ1v) is 12.0. The Kier molecular flexibility index (Phi) is 7.83. The van der Waals surface area contributed by atoms with E-state index in [0.717, 1.165) is 40.9 Å². The molecule has 2 aliphatic heterocycles. The molecule has 1 aromatic heterocycles. The number of thiophene rings is 1. The minimum absolute atomic E-state index is 0.565. The first kappa shape index (κ1) is 25.5. The van der Waals surface area contributed by atoms with Gasteiger partial charge in [0.15, 0.2) is 0 Å². The zero-order chi connectivity index (χ0) is 25.0. The Hall–Kier alpha value is -3.11. The first-order valence-electron chi connectivity index (χ1n) is 11.2. The number of fused-ring (bicyclic) bond motifs is 1. The monoisotopic (exact) mass is 487 g/mol. The van der Waals surface area contributed by atoms with E-state index in [9.17, 15) is 9.59 Å². The fraction of sp³-hybridized carbons (Fsp3) is 0.458. The number of ether oxygens (including phenoxy) is 2. The molecule has 1 saturated heterocycles. The summed E-state index contributed by atoms with van der Waals surface area (Å²) >= 11 is 1.57. The molecule has 0 unspecified atom stereocenters. The van der Waals surface area contributed by atoms with Gasteiger partial charge in [-0.15, -0.1) is 11.3 Å². The van der Waals surface area contributed by atoms with Gasteiger partial charge < -0.3 is 24.6 Å². The van der Waals surface area contributed by atoms with E-state index in [1.54, 1.807) is 23.5 Å². The van der Waals surface area contributed by atoms with Crippen LogP contribution in [0.4, 0.5) is 9.59 Å². The van der Waals surface area contributed by atoms with Gasteiger partial charge in [-0.1, -0.05) is 18.7 Å². The minimum atomic E-state index is -1.50. The standard InChI is InChI=1S/C24H33N5O4S/c1-8-10-18-19(9-2)29(23(31)33-24(4,5)32-22(30)25-6)21(28-13-11-27(7)12-14-28)17-15-16(3)34-20(17)26-18/h8-10,15H,1,11-14H2,2-7H3,(H,25,30)/b18-10+,19-9+. The highest BCUT2D eigenvalue weighted by molar-refractivity contribution is 7.09. The van der Waals surface area contributed by atoms with Crippen LogP contribution in [-0.4, -0.2) is 72.9 Å². The number of nitrogens with zero attached hydrogens (tertiary/aromatic N) is 4. The van der Waals surface area contributed by atoms with Gasteiger partial charge in [0, 0.05) is 52.0 Å². The van der Waals surface area contributed by atoms with Gasteiger partial charge in [0.1, 0.15) is 10.5 Å². The van der Waals surface area contributed by atoms with Crippen molar-refractivity contribution in [1.82, 2.24) is 20.0 Å². The van der Waals surface area contributed by atoms with E-state index in [1.807, 2.05) is 26.0 Å². The second kappa shape index (κ2) is 10.4. The molecule has 0 bridgehead atoms. The number of alkyl carbamates (subject to hydrolysis) is 1. The third kappa shape index (κ3) is 5.51. The van der Waals surface area contributed by atoms with Crippen LogP contribution >= 0.6 is 11.3 Å². The lowest BCUT2D eigenvalue weighted by atomic mass is 10.2. The van der Waals surface area contributed by atoms with Crippen LogP contribution in [0.25, 0.3) is 5.82 Å². The minimum Gasteiger partial charge on any atom is -0.407 e. The van der Waals surface area contributed by atoms with E-state index in [4.69, 9.17) is 14.5 Å². The second-order valence-corrected chi connectivity index (χ2v) is 9.74. The number of likely N-dealkylation sites (N-methyl/N-ethyl adjacent to an activating group) is 1. The van der Waals surface area contributed by atoms with Crippen LogP contribution in [0.1, 0.15) is 25.6 Å². The lowest BCUT2D eigenvalue weighted by Crippen LogP contribution is -2.51. The summed E-state index contributed by atoms with van der Waals surface area (Å²) in [6, 6.07) is 2.05. The molecule has 3 heterocycles. The van der Waals surface area contributed by atoms with E-state index in [1.165, 1.54) is 25.8 Å². The van der Waals surface area contributed by atoms with Gasteiger partial charge >= 0.3 is 12.2 Å². The first-order chi connectivity index (χ1) is 16.1. The van der Waals surface area contributed by atoms with E-state index in [-0.39, 0.29) is 0 Å². The van der Waals surface area contributed by atoms with Crippen LogP contribution in [-0.2, 0) is 9.47 Å². The maximum atomic E-state index is 13.8. The van der Waals surface area contributed by atoms with Crippen molar-refractivity contribution in [3.8, 4) is 0 Å². The van der Waals surface area contributed by atoms with Gasteiger partial charge in [-0.3, -0.25) is 0 Å². The molecule has 2 aliphatic rings. The summed E-state index contributed by atoms with van der Waals surface area (Å²) in [4.78, 5) is 37.5. The summed E-state index contributed by atoms with van der Waals surface area (Å²) in [6.07, 6.45) is 3.88. The summed E-state index contributed by atoms with van der Waals surface area (Å²) in [5, 5.41) is 3.24. The number of carbonyl (C=O) groups excluding carboxylic acids is 2. The molecule has 34 heavy (non-hydrogen) atoms. The lowest BCUT2D eigenvalue weighted by molar-refractivity contribution is -0.138. The summed E-state index contributed by atoms with van der Waals surface area (Å²) < 4.78 is 11.8. The Bertz CT molecular complexity index is 1140. The van der Waals surface area contributed by atoms with Gasteiger partial charge in [-0.25, -0.2) is 19.5 Å². The number of hydrogen-bond acceptors (Lipinski definition) is 8. The zero-order valence-electron chi connectivity index (χ0n) is 20.7. The Labute approximate surface area is 204 Å². The Morgan fingerprint density at radius 3 is 2.50 bits per heavy atom. The van der Waals surface area contributed by atoms with Gasteiger partial charge in [-0.05, 0) is 33.0 Å². The molecule has 2 amide bonds. The SMILES string of the molecule is C=C/C=C1/N=c2sc(C)cc2=C(N2CCN(C)CC2)N(C(=O)OC(C)(C)OC(=O)NC)/C1=C/C. The Morgan fingerprint density at radius 2 is 1.91 bits per heavy atom. The molecule has 0 atom stereocenters. The maximum absolute atomic E-state index is 13.8. The average Bonchev–Trinajstić information content (AvgIpc) is 3.07. The molecule has 0 radical (unpaired) electrons. The smallest absolute Gasteiger partial charge is 0.407 e. The number of allylic oxidation sites excluding steroid dienone is 3. The molecular weight excluding hydrogens is 454 g/mol. The molecule has 0 saturated carbocycles. The molecule has 184 valence electrons. The van der Waals surface area contributed by atoms with Crippen molar-refractivity contribution in [1.29, 1.82) is 0 Å². The molecule has 0 aliphatic carbocycles. The van der Waals surface area contributed by atoms with Crippen molar-refractivity contribution >= 4 is 29.3 Å². The largest absolute Gasteiger partial charge is 0.423 e. The molecule has 1 N–H and O–H groups in total. The molecule has 1 aromatic rings. The number of carbonyl (C=O) groups is 2. The predicted octanol–water partition coefficient (Wildman–Crippen LogP) is 2.51. The third-order valence-electron chi connectivity index (χ3n) is 5.42. The number of amides is 2. The molecule has 10 heteroatoms. The lowest BCUT2D eigenvalue weighted by Gasteiger charge is -2.40. The highest BCUT2D eigenvalue weighted by Crippen LogP contribution is 2.29. The van der Waals surface area contributed by atoms with Crippen molar-refractivity contribution in [2.75, 3.05) is 40.3 Å². The Balaban J connectivity index is 2.21. The highest BCUT2D eigenvalue weighted by atomic mass is 32.1. The van der Waals surface area contributed by atoms with Crippen LogP contribution in [0.5, 0.6) is 0 Å². The number of hydrogen-bond donors (Lipinski definition) is 1. The predicted molar refractivity (Wildman–Crippen MR) is 132 cm³/mol. The number of aryl methyl sites for hydroxylation is 1. The number of rotatable bonds is 4. The summed E-state index contributed by atoms with van der Waals surface area (Å²) in [7, 11) is 3.53. The van der Waals surface area contributed by atoms with E-state index >= 15 is 0 Å². The fourth-order valence-corrected chi connectivity index (χ4v) is 4.72. The second-order valence-electron chi connectivity index (χ2n) is 8.51. The summed E-state index contributed by atoms with van der Waals surface area (Å²) in [5.41, 5.74) is 1.15. The molecule has 3 rings (SSSR count). The number of piperazine rings is 1. The Morgan fingerprint density at radius 1 is 1.24 bits per heavy atom. The van der Waals surface area contributed by atoms with Crippen molar-refractivity contribution in [3.63, 3.8) is 0 Å². The van der Waals surface area contributed by atoms with E-state index in [0.29, 0.717) is 17.2 Å². The van der Waals surface area contributed by atoms with Crippen LogP contribution in [0.15, 0.2) is 47.3 Å². The van der Waals surface area contributed by atoms with Crippen LogP contribution in [0, 0.1) is 6.92 Å². The van der Waals surface area contributed by atoms with E-state index in [2.05, 4.69) is 28.7 Å². The molecule has 0 aromatic carbocycles. The van der Waals surface area contributed by atoms with Crippen molar-refractivity contribution in [2.45, 2.75) is 33.5 Å². The molecule has 0 spiro atoms. The quantitative estimate of drug-likeness (QED) is 0.657. The van der Waals surface area contributed by atoms with Gasteiger partial charge in [0.25, 0.3) is 5.79 Å². The summed E-state index contributed by atoms with van der Waals surface area (Å²) in [5.74, 6) is -0.792. The van der Waals surface area contributed by atoms with Gasteiger partial charge in [-0.2, -0.15) is 0 Å². The number of nitrogens with one attached hydrogen (secondary N) is 1. The summed E-state index contributed by atoms with van der Waals surface area (Å²) in [6.45, 7) is 13.9. The fourth-order valence-electron chi connectivity index (χ4n) is 3.84. The van der Waals surface area contributed by atoms with Crippen molar-refractivity contribution in [3.05, 3.63) is 57.0 Å². The van der Waals surface area contributed by atoms with Gasteiger partial charge in [0.2, 0.25) is 0 Å². The van der Waals surface area contributed by atoms with Crippen molar-refractivity contribution < 1.29 is 19.1 Å². The average molecular weight is 488 g/mol. The van der Waals surface area contributed by atoms with Crippen LogP contribution < -0.4 is 15.2 Å². The maximum Gasteiger partial charge on any atom is 0.423 e. The molecular formula is C24H33N5O4S.